The van der Waals surface area contributed by atoms with E-state index in [4.69, 9.17) is 0 Å². The summed E-state index contributed by atoms with van der Waals surface area (Å²) in [4.78, 5) is 0. The molecular formula is C10H16Si. The zero-order valence-corrected chi connectivity index (χ0v) is 8.48. The molecule has 1 heterocycles. The van der Waals surface area contributed by atoms with E-state index < -0.39 is 8.07 Å². The van der Waals surface area contributed by atoms with Gasteiger partial charge < -0.3 is 0 Å². The van der Waals surface area contributed by atoms with E-state index in [0.29, 0.717) is 0 Å². The molecular weight excluding hydrogens is 148 g/mol. The van der Waals surface area contributed by atoms with Crippen molar-refractivity contribution in [3.05, 3.63) is 22.9 Å². The second-order valence-electron chi connectivity index (χ2n) is 4.27. The van der Waals surface area contributed by atoms with Crippen LogP contribution in [0.4, 0.5) is 0 Å². The normalized spacial score (nSPS) is 27.5. The Morgan fingerprint density at radius 2 is 2.09 bits per heavy atom. The Bertz CT molecular complexity index is 231. The Balaban J connectivity index is 2.17. The summed E-state index contributed by atoms with van der Waals surface area (Å²) in [6, 6.07) is 3.09. The molecule has 2 rings (SSSR count). The average molecular weight is 164 g/mol. The number of hydrogen-bond acceptors (Lipinski definition) is 0. The first-order chi connectivity index (χ1) is 5.21. The van der Waals surface area contributed by atoms with E-state index in [1.54, 1.807) is 22.9 Å². The molecule has 0 aromatic carbocycles. The standard InChI is InChI=1S/C10H16Si/c1-9-4-5-10(8-9)11(2)6-3-7-11/h5,8H,3-4,6-7H2,1-2H3. The Morgan fingerprint density at radius 3 is 2.45 bits per heavy atom. The first-order valence-electron chi connectivity index (χ1n) is 4.58. The van der Waals surface area contributed by atoms with Crippen LogP contribution in [0.5, 0.6) is 0 Å². The van der Waals surface area contributed by atoms with Crippen LogP contribution < -0.4 is 0 Å². The van der Waals surface area contributed by atoms with Crippen LogP contribution in [0.3, 0.4) is 0 Å². The highest BCUT2D eigenvalue weighted by Gasteiger charge is 2.37. The van der Waals surface area contributed by atoms with Crippen molar-refractivity contribution in [2.75, 3.05) is 0 Å². The van der Waals surface area contributed by atoms with Crippen LogP contribution in [0.15, 0.2) is 22.9 Å². The van der Waals surface area contributed by atoms with Gasteiger partial charge in [0.2, 0.25) is 0 Å². The van der Waals surface area contributed by atoms with E-state index in [2.05, 4.69) is 25.6 Å². The number of hydrogen-bond donors (Lipinski definition) is 0. The second kappa shape index (κ2) is 2.34. The van der Waals surface area contributed by atoms with Gasteiger partial charge in [-0.15, -0.1) is 0 Å². The largest absolute Gasteiger partial charge is 0.0832 e. The third kappa shape index (κ3) is 1.12. The zero-order chi connectivity index (χ0) is 7.90. The van der Waals surface area contributed by atoms with Gasteiger partial charge in [0.25, 0.3) is 0 Å². The maximum absolute atomic E-state index is 2.54. The third-order valence-corrected chi connectivity index (χ3v) is 7.86. The second-order valence-corrected chi connectivity index (χ2v) is 8.97. The number of allylic oxidation sites excluding steroid dienone is 4. The van der Waals surface area contributed by atoms with Crippen molar-refractivity contribution in [1.29, 1.82) is 0 Å². The van der Waals surface area contributed by atoms with Gasteiger partial charge >= 0.3 is 0 Å². The van der Waals surface area contributed by atoms with E-state index in [1.165, 1.54) is 12.8 Å². The SMILES string of the molecule is CC1=CC([Si]2(C)CCC2)=CC1. The smallest absolute Gasteiger partial charge is 0.0812 e. The van der Waals surface area contributed by atoms with Crippen LogP contribution in [0.25, 0.3) is 0 Å². The maximum Gasteiger partial charge on any atom is 0.0832 e. The van der Waals surface area contributed by atoms with Crippen LogP contribution in [-0.2, 0) is 0 Å². The van der Waals surface area contributed by atoms with E-state index in [9.17, 15) is 0 Å². The van der Waals surface area contributed by atoms with Gasteiger partial charge in [0.1, 0.15) is 0 Å². The molecule has 0 atom stereocenters. The van der Waals surface area contributed by atoms with E-state index in [-0.39, 0.29) is 0 Å². The summed E-state index contributed by atoms with van der Waals surface area (Å²) in [5.41, 5.74) is 1.57. The van der Waals surface area contributed by atoms with Gasteiger partial charge in [0.15, 0.2) is 0 Å². The Morgan fingerprint density at radius 1 is 1.36 bits per heavy atom. The van der Waals surface area contributed by atoms with Gasteiger partial charge in [0.05, 0.1) is 8.07 Å². The Labute approximate surface area is 70.0 Å². The molecule has 11 heavy (non-hydrogen) atoms. The molecule has 0 amide bonds. The van der Waals surface area contributed by atoms with Crippen molar-refractivity contribution >= 4 is 8.07 Å². The lowest BCUT2D eigenvalue weighted by Crippen LogP contribution is -2.39. The van der Waals surface area contributed by atoms with Crippen molar-refractivity contribution in [3.63, 3.8) is 0 Å². The molecule has 1 aliphatic heterocycles. The molecule has 0 saturated carbocycles. The summed E-state index contributed by atoms with van der Waals surface area (Å²) in [6.07, 6.45) is 7.65. The third-order valence-electron chi connectivity index (χ3n) is 3.20. The highest BCUT2D eigenvalue weighted by Crippen LogP contribution is 2.40. The van der Waals surface area contributed by atoms with Crippen molar-refractivity contribution < 1.29 is 0 Å². The van der Waals surface area contributed by atoms with E-state index in [0.717, 1.165) is 0 Å². The molecule has 1 saturated heterocycles. The molecule has 2 aliphatic rings. The van der Waals surface area contributed by atoms with Gasteiger partial charge in [-0.25, -0.2) is 0 Å². The molecule has 0 radical (unpaired) electrons. The highest BCUT2D eigenvalue weighted by molar-refractivity contribution is 6.88. The van der Waals surface area contributed by atoms with Gasteiger partial charge in [-0.2, -0.15) is 0 Å². The van der Waals surface area contributed by atoms with E-state index >= 15 is 0 Å². The minimum Gasteiger partial charge on any atom is -0.0812 e. The quantitative estimate of drug-likeness (QED) is 0.522. The van der Waals surface area contributed by atoms with Crippen molar-refractivity contribution in [3.8, 4) is 0 Å². The van der Waals surface area contributed by atoms with Crippen LogP contribution >= 0.6 is 0 Å². The molecule has 0 unspecified atom stereocenters. The van der Waals surface area contributed by atoms with Gasteiger partial charge in [-0.1, -0.05) is 48.0 Å². The monoisotopic (exact) mass is 164 g/mol. The zero-order valence-electron chi connectivity index (χ0n) is 7.48. The molecule has 0 N–H and O–H groups in total. The summed E-state index contributed by atoms with van der Waals surface area (Å²) < 4.78 is 0. The summed E-state index contributed by atoms with van der Waals surface area (Å²) in [6.45, 7) is 4.79. The van der Waals surface area contributed by atoms with Gasteiger partial charge in [0, 0.05) is 0 Å². The topological polar surface area (TPSA) is 0 Å². The first kappa shape index (κ1) is 7.35. The Hall–Kier alpha value is -0.303. The van der Waals surface area contributed by atoms with Gasteiger partial charge in [-0.05, 0) is 13.3 Å². The minimum atomic E-state index is -0.821. The fourth-order valence-electron chi connectivity index (χ4n) is 2.07. The lowest BCUT2D eigenvalue weighted by atomic mass is 10.3. The van der Waals surface area contributed by atoms with Crippen LogP contribution in [0, 0.1) is 0 Å². The fourth-order valence-corrected chi connectivity index (χ4v) is 5.25. The van der Waals surface area contributed by atoms with Crippen LogP contribution in [0.1, 0.15) is 19.8 Å². The van der Waals surface area contributed by atoms with Crippen LogP contribution in [-0.4, -0.2) is 8.07 Å². The lowest BCUT2D eigenvalue weighted by molar-refractivity contribution is 0.910. The maximum atomic E-state index is 2.54. The summed E-state index contributed by atoms with van der Waals surface area (Å²) >= 11 is 0. The first-order valence-corrected chi connectivity index (χ1v) is 7.50. The molecule has 0 nitrogen and oxygen atoms in total. The van der Waals surface area contributed by atoms with Crippen molar-refractivity contribution in [1.82, 2.24) is 0 Å². The summed E-state index contributed by atoms with van der Waals surface area (Å²) in [5.74, 6) is 0. The molecule has 0 aromatic rings. The van der Waals surface area contributed by atoms with Gasteiger partial charge in [-0.3, -0.25) is 0 Å². The summed E-state index contributed by atoms with van der Waals surface area (Å²) in [5, 5.41) is 1.75. The van der Waals surface area contributed by atoms with Crippen molar-refractivity contribution in [2.45, 2.75) is 38.4 Å². The molecule has 0 bridgehead atoms. The van der Waals surface area contributed by atoms with Crippen LogP contribution in [0.2, 0.25) is 18.6 Å². The highest BCUT2D eigenvalue weighted by atomic mass is 28.3. The molecule has 60 valence electrons. The fraction of sp³-hybridized carbons (Fsp3) is 0.600. The van der Waals surface area contributed by atoms with E-state index in [1.807, 2.05) is 0 Å². The van der Waals surface area contributed by atoms with Crippen molar-refractivity contribution in [2.24, 2.45) is 0 Å². The predicted molar refractivity (Wildman–Crippen MR) is 52.3 cm³/mol. The molecule has 1 fully saturated rings. The Kier molecular flexibility index (Phi) is 1.57. The molecule has 1 aliphatic carbocycles. The average Bonchev–Trinajstić information content (AvgIpc) is 2.31. The predicted octanol–water partition coefficient (Wildman–Crippen LogP) is 3.28. The minimum absolute atomic E-state index is 0.821. The number of rotatable bonds is 1. The molecule has 0 spiro atoms. The summed E-state index contributed by atoms with van der Waals surface area (Å²) in [7, 11) is -0.821. The lowest BCUT2D eigenvalue weighted by Gasteiger charge is -2.36. The molecule has 0 aromatic heterocycles. The molecule has 1 heteroatoms.